The van der Waals surface area contributed by atoms with E-state index < -0.39 is 35.5 Å². The van der Waals surface area contributed by atoms with Gasteiger partial charge in [-0.25, -0.2) is 9.59 Å². The number of carbonyl (C=O) groups excluding carboxylic acids is 3. The Morgan fingerprint density at radius 3 is 2.11 bits per heavy atom. The smallest absolute Gasteiger partial charge is 0.408 e. The predicted octanol–water partition coefficient (Wildman–Crippen LogP) is 4.42. The molecule has 3 amide bonds. The lowest BCUT2D eigenvalue weighted by atomic mass is 10.0. The maximum Gasteiger partial charge on any atom is 0.408 e. The summed E-state index contributed by atoms with van der Waals surface area (Å²) in [5, 5.41) is 16.9. The molecule has 1 atom stereocenters. The van der Waals surface area contributed by atoms with Crippen molar-refractivity contribution in [2.24, 2.45) is 5.92 Å². The average Bonchev–Trinajstić information content (AvgIpc) is 2.77. The fourth-order valence-corrected chi connectivity index (χ4v) is 3.14. The number of hydrogen-bond acceptors (Lipinski definition) is 5. The molecule has 0 fully saturated rings. The van der Waals surface area contributed by atoms with Crippen LogP contribution in [0.15, 0.2) is 60.3 Å². The molecule has 4 N–H and O–H groups in total. The zero-order valence-corrected chi connectivity index (χ0v) is 21.1. The van der Waals surface area contributed by atoms with Crippen LogP contribution in [0.4, 0.5) is 10.5 Å². The number of ether oxygens (including phenoxy) is 1. The Bertz CT molecular complexity index is 1100. The number of amides is 3. The van der Waals surface area contributed by atoms with Crippen LogP contribution in [0.25, 0.3) is 6.08 Å². The van der Waals surface area contributed by atoms with Crippen molar-refractivity contribution in [1.29, 1.82) is 0 Å². The van der Waals surface area contributed by atoms with E-state index in [4.69, 9.17) is 9.84 Å². The van der Waals surface area contributed by atoms with Gasteiger partial charge in [0.1, 0.15) is 17.3 Å². The Morgan fingerprint density at radius 2 is 1.58 bits per heavy atom. The molecule has 0 aromatic heterocycles. The summed E-state index contributed by atoms with van der Waals surface area (Å²) < 4.78 is 5.29. The molecule has 0 aliphatic heterocycles. The molecule has 36 heavy (non-hydrogen) atoms. The first-order valence-electron chi connectivity index (χ1n) is 11.6. The quantitative estimate of drug-likeness (QED) is 0.381. The second-order valence-corrected chi connectivity index (χ2v) is 9.62. The van der Waals surface area contributed by atoms with E-state index in [-0.39, 0.29) is 17.2 Å². The summed E-state index contributed by atoms with van der Waals surface area (Å²) in [5.74, 6) is -2.21. The number of carbonyl (C=O) groups is 4. The van der Waals surface area contributed by atoms with Crippen molar-refractivity contribution in [2.45, 2.75) is 52.7 Å². The molecule has 0 bridgehead atoms. The lowest BCUT2D eigenvalue weighted by Gasteiger charge is -2.24. The zero-order chi connectivity index (χ0) is 26.9. The molecule has 9 nitrogen and oxygen atoms in total. The molecule has 0 aliphatic rings. The van der Waals surface area contributed by atoms with Crippen LogP contribution < -0.4 is 16.0 Å². The van der Waals surface area contributed by atoms with Crippen molar-refractivity contribution in [3.63, 3.8) is 0 Å². The third kappa shape index (κ3) is 9.61. The summed E-state index contributed by atoms with van der Waals surface area (Å²) in [4.78, 5) is 49.7. The molecule has 0 heterocycles. The number of hydrogen-bond donors (Lipinski definition) is 4. The number of anilines is 1. The standard InChI is InChI=1S/C27H33N3O6/c1-17(2)15-21(30-26(35)36-27(3,4)5)24(32)29-22(16-18-9-7-6-8-10-18)23(31)28-20-13-11-19(12-14-20)25(33)34/h6-14,16-17,21H,15H2,1-5H3,(H,28,31)(H,29,32)(H,30,35)(H,33,34)/b22-16+/t21-/m0/s1. The van der Waals surface area contributed by atoms with E-state index in [1.165, 1.54) is 30.3 Å². The Kier molecular flexibility index (Phi) is 9.78. The predicted molar refractivity (Wildman–Crippen MR) is 137 cm³/mol. The van der Waals surface area contributed by atoms with Gasteiger partial charge in [0.05, 0.1) is 5.56 Å². The molecule has 0 saturated heterocycles. The van der Waals surface area contributed by atoms with E-state index in [1.54, 1.807) is 45.0 Å². The molecule has 2 rings (SSSR count). The van der Waals surface area contributed by atoms with E-state index >= 15 is 0 Å². The summed E-state index contributed by atoms with van der Waals surface area (Å²) in [6.07, 6.45) is 1.10. The topological polar surface area (TPSA) is 134 Å². The van der Waals surface area contributed by atoms with Crippen LogP contribution >= 0.6 is 0 Å². The molecular weight excluding hydrogens is 462 g/mol. The maximum absolute atomic E-state index is 13.2. The summed E-state index contributed by atoms with van der Waals surface area (Å²) in [6.45, 7) is 8.98. The number of carboxylic acid groups (broad SMARTS) is 1. The molecule has 0 radical (unpaired) electrons. The first kappa shape index (κ1) is 28.1. The van der Waals surface area contributed by atoms with Crippen molar-refractivity contribution in [1.82, 2.24) is 10.6 Å². The third-order valence-electron chi connectivity index (χ3n) is 4.72. The molecule has 0 spiro atoms. The van der Waals surface area contributed by atoms with Crippen molar-refractivity contribution >= 4 is 35.6 Å². The average molecular weight is 496 g/mol. The van der Waals surface area contributed by atoms with Crippen molar-refractivity contribution in [2.75, 3.05) is 5.32 Å². The van der Waals surface area contributed by atoms with Crippen molar-refractivity contribution < 1.29 is 29.0 Å². The van der Waals surface area contributed by atoms with Gasteiger partial charge in [-0.15, -0.1) is 0 Å². The van der Waals surface area contributed by atoms with Crippen molar-refractivity contribution in [3.05, 3.63) is 71.4 Å². The number of alkyl carbamates (subject to hydrolysis) is 1. The van der Waals surface area contributed by atoms with E-state index in [9.17, 15) is 19.2 Å². The SMILES string of the molecule is CC(C)C[C@H](NC(=O)OC(C)(C)C)C(=O)N/C(=C/c1ccccc1)C(=O)Nc1ccc(C(=O)O)cc1. The highest BCUT2D eigenvalue weighted by atomic mass is 16.6. The molecule has 2 aromatic carbocycles. The molecular formula is C27H33N3O6. The van der Waals surface area contributed by atoms with Gasteiger partial charge in [-0.3, -0.25) is 9.59 Å². The highest BCUT2D eigenvalue weighted by molar-refractivity contribution is 6.09. The molecule has 2 aromatic rings. The lowest BCUT2D eigenvalue weighted by Crippen LogP contribution is -2.49. The van der Waals surface area contributed by atoms with Gasteiger partial charge in [-0.2, -0.15) is 0 Å². The van der Waals surface area contributed by atoms with Crippen LogP contribution in [0.5, 0.6) is 0 Å². The Balaban J connectivity index is 2.28. The number of carboxylic acids is 1. The van der Waals surface area contributed by atoms with Gasteiger partial charge < -0.3 is 25.8 Å². The third-order valence-corrected chi connectivity index (χ3v) is 4.72. The molecule has 9 heteroatoms. The number of benzene rings is 2. The van der Waals surface area contributed by atoms with Crippen LogP contribution in [-0.4, -0.2) is 40.6 Å². The van der Waals surface area contributed by atoms with Gasteiger partial charge in [0, 0.05) is 5.69 Å². The van der Waals surface area contributed by atoms with Gasteiger partial charge in [-0.1, -0.05) is 44.2 Å². The fourth-order valence-electron chi connectivity index (χ4n) is 3.14. The largest absolute Gasteiger partial charge is 0.478 e. The highest BCUT2D eigenvalue weighted by Gasteiger charge is 2.27. The molecule has 0 saturated carbocycles. The van der Waals surface area contributed by atoms with Gasteiger partial charge in [0.25, 0.3) is 5.91 Å². The van der Waals surface area contributed by atoms with Crippen LogP contribution in [0.2, 0.25) is 0 Å². The number of aromatic carboxylic acids is 1. The molecule has 0 aliphatic carbocycles. The Hall–Kier alpha value is -4.14. The Morgan fingerprint density at radius 1 is 0.972 bits per heavy atom. The molecule has 192 valence electrons. The Labute approximate surface area is 210 Å². The zero-order valence-electron chi connectivity index (χ0n) is 21.1. The van der Waals surface area contributed by atoms with Crippen LogP contribution in [0.3, 0.4) is 0 Å². The van der Waals surface area contributed by atoms with Crippen LogP contribution in [0, 0.1) is 5.92 Å². The van der Waals surface area contributed by atoms with E-state index in [2.05, 4.69) is 16.0 Å². The summed E-state index contributed by atoms with van der Waals surface area (Å²) in [6, 6.07) is 13.6. The van der Waals surface area contributed by atoms with Crippen LogP contribution in [-0.2, 0) is 14.3 Å². The lowest BCUT2D eigenvalue weighted by molar-refractivity contribution is -0.124. The summed E-state index contributed by atoms with van der Waals surface area (Å²) in [7, 11) is 0. The second-order valence-electron chi connectivity index (χ2n) is 9.62. The molecule has 0 unspecified atom stereocenters. The minimum absolute atomic E-state index is 0.0479. The first-order valence-corrected chi connectivity index (χ1v) is 11.6. The fraction of sp³-hybridized carbons (Fsp3) is 0.333. The normalized spacial score (nSPS) is 12.4. The van der Waals surface area contributed by atoms with E-state index in [0.717, 1.165) is 0 Å². The first-order chi connectivity index (χ1) is 16.8. The van der Waals surface area contributed by atoms with Crippen molar-refractivity contribution in [3.8, 4) is 0 Å². The monoisotopic (exact) mass is 495 g/mol. The van der Waals surface area contributed by atoms with Gasteiger partial charge in [-0.05, 0) is 69.0 Å². The van der Waals surface area contributed by atoms with Gasteiger partial charge >= 0.3 is 12.1 Å². The van der Waals surface area contributed by atoms with E-state index in [1.807, 2.05) is 19.9 Å². The van der Waals surface area contributed by atoms with Gasteiger partial charge in [0.15, 0.2) is 0 Å². The second kappa shape index (κ2) is 12.5. The van der Waals surface area contributed by atoms with Gasteiger partial charge in [0.2, 0.25) is 5.91 Å². The summed E-state index contributed by atoms with van der Waals surface area (Å²) >= 11 is 0. The maximum atomic E-state index is 13.2. The minimum Gasteiger partial charge on any atom is -0.478 e. The highest BCUT2D eigenvalue weighted by Crippen LogP contribution is 2.14. The van der Waals surface area contributed by atoms with E-state index in [0.29, 0.717) is 17.7 Å². The minimum atomic E-state index is -1.08. The number of rotatable bonds is 9. The van der Waals surface area contributed by atoms with Crippen LogP contribution in [0.1, 0.15) is 57.0 Å². The number of nitrogens with one attached hydrogen (secondary N) is 3. The summed E-state index contributed by atoms with van der Waals surface area (Å²) in [5.41, 5.74) is 0.310.